The third kappa shape index (κ3) is 6.47. The lowest BCUT2D eigenvalue weighted by Crippen LogP contribution is -2.32. The van der Waals surface area contributed by atoms with Crippen LogP contribution in [0.25, 0.3) is 0 Å². The number of nitrogens with one attached hydrogen (secondary N) is 1. The molecule has 0 bridgehead atoms. The Bertz CT molecular complexity index is 1020. The maximum atomic E-state index is 12.3. The predicted octanol–water partition coefficient (Wildman–Crippen LogP) is 4.01. The fraction of sp³-hybridized carbons (Fsp3) is 0.333. The van der Waals surface area contributed by atoms with Crippen LogP contribution in [0.4, 0.5) is 11.4 Å². The number of hydrogen-bond acceptors (Lipinski definition) is 5. The first kappa shape index (κ1) is 23.7. The average Bonchev–Trinajstić information content (AvgIpc) is 2.67. The summed E-state index contributed by atoms with van der Waals surface area (Å²) < 4.78 is 30.7. The number of rotatable bonds is 9. The number of anilines is 2. The second kappa shape index (κ2) is 10.4. The third-order valence-electron chi connectivity index (χ3n) is 4.33. The molecule has 0 saturated carbocycles. The Kier molecular flexibility index (Phi) is 8.25. The van der Waals surface area contributed by atoms with Crippen LogP contribution in [-0.4, -0.2) is 39.7 Å². The molecule has 0 aliphatic heterocycles. The Morgan fingerprint density at radius 2 is 1.87 bits per heavy atom. The van der Waals surface area contributed by atoms with Crippen molar-refractivity contribution in [2.75, 3.05) is 29.0 Å². The van der Waals surface area contributed by atoms with Gasteiger partial charge in [0.25, 0.3) is 0 Å². The van der Waals surface area contributed by atoms with E-state index in [0.29, 0.717) is 33.9 Å². The number of esters is 1. The van der Waals surface area contributed by atoms with Crippen LogP contribution in [0.2, 0.25) is 5.02 Å². The van der Waals surface area contributed by atoms with Crippen LogP contribution in [0.5, 0.6) is 0 Å². The maximum absolute atomic E-state index is 12.3. The Labute approximate surface area is 182 Å². The van der Waals surface area contributed by atoms with Crippen molar-refractivity contribution >= 4 is 44.9 Å². The van der Waals surface area contributed by atoms with Crippen LogP contribution in [0.15, 0.2) is 42.5 Å². The smallest absolute Gasteiger partial charge is 0.338 e. The van der Waals surface area contributed by atoms with Gasteiger partial charge in [-0.15, -0.1) is 0 Å². The Morgan fingerprint density at radius 1 is 1.17 bits per heavy atom. The molecule has 0 aromatic heterocycles. The van der Waals surface area contributed by atoms with Gasteiger partial charge in [0, 0.05) is 23.7 Å². The fourth-order valence-corrected chi connectivity index (χ4v) is 4.06. The van der Waals surface area contributed by atoms with Crippen molar-refractivity contribution in [2.45, 2.75) is 26.7 Å². The van der Waals surface area contributed by atoms with Gasteiger partial charge in [0.2, 0.25) is 15.9 Å². The van der Waals surface area contributed by atoms with Crippen molar-refractivity contribution in [1.82, 2.24) is 0 Å². The second-order valence-electron chi connectivity index (χ2n) is 6.67. The number of benzene rings is 2. The highest BCUT2D eigenvalue weighted by Crippen LogP contribution is 2.28. The molecule has 0 saturated heterocycles. The van der Waals surface area contributed by atoms with Crippen molar-refractivity contribution in [3.63, 3.8) is 0 Å². The monoisotopic (exact) mass is 452 g/mol. The van der Waals surface area contributed by atoms with E-state index in [9.17, 15) is 18.0 Å². The molecule has 0 spiro atoms. The van der Waals surface area contributed by atoms with Crippen molar-refractivity contribution in [3.8, 4) is 0 Å². The normalized spacial score (nSPS) is 11.1. The van der Waals surface area contributed by atoms with Gasteiger partial charge in [-0.25, -0.2) is 13.2 Å². The largest absolute Gasteiger partial charge is 0.462 e. The molecule has 0 atom stereocenters. The Morgan fingerprint density at radius 3 is 2.53 bits per heavy atom. The zero-order chi connectivity index (χ0) is 22.3. The van der Waals surface area contributed by atoms with Gasteiger partial charge in [-0.1, -0.05) is 23.7 Å². The number of carbonyl (C=O) groups is 2. The summed E-state index contributed by atoms with van der Waals surface area (Å²) in [6, 6.07) is 11.5. The molecule has 0 aliphatic rings. The van der Waals surface area contributed by atoms with E-state index in [-0.39, 0.29) is 25.5 Å². The highest BCUT2D eigenvalue weighted by molar-refractivity contribution is 7.92. The van der Waals surface area contributed by atoms with E-state index in [1.807, 2.05) is 0 Å². The molecule has 0 heterocycles. The SMILES string of the molecule is CCOC(=O)c1cccc(NC(=O)CCCN(c2cccc(Cl)c2C)S(C)(=O)=O)c1. The van der Waals surface area contributed by atoms with Crippen LogP contribution < -0.4 is 9.62 Å². The zero-order valence-electron chi connectivity index (χ0n) is 17.1. The van der Waals surface area contributed by atoms with Gasteiger partial charge < -0.3 is 10.1 Å². The molecule has 162 valence electrons. The molecule has 2 aromatic carbocycles. The van der Waals surface area contributed by atoms with Crippen LogP contribution in [0.1, 0.15) is 35.7 Å². The van der Waals surface area contributed by atoms with Gasteiger partial charge in [-0.05, 0) is 56.2 Å². The van der Waals surface area contributed by atoms with Crippen molar-refractivity contribution < 1.29 is 22.7 Å². The maximum Gasteiger partial charge on any atom is 0.338 e. The number of nitrogens with zero attached hydrogens (tertiary/aromatic N) is 1. The van der Waals surface area contributed by atoms with Gasteiger partial charge in [-0.2, -0.15) is 0 Å². The summed E-state index contributed by atoms with van der Waals surface area (Å²) >= 11 is 6.12. The molecule has 2 aromatic rings. The van der Waals surface area contributed by atoms with Crippen molar-refractivity contribution in [2.24, 2.45) is 0 Å². The van der Waals surface area contributed by atoms with Crippen LogP contribution in [-0.2, 0) is 19.6 Å². The Hall–Kier alpha value is -2.58. The molecule has 9 heteroatoms. The third-order valence-corrected chi connectivity index (χ3v) is 5.92. The summed E-state index contributed by atoms with van der Waals surface area (Å²) in [5.41, 5.74) is 1.96. The molecular weight excluding hydrogens is 428 g/mol. The number of ether oxygens (including phenoxy) is 1. The van der Waals surface area contributed by atoms with E-state index in [1.54, 1.807) is 50.2 Å². The summed E-state index contributed by atoms with van der Waals surface area (Å²) in [6.45, 7) is 3.86. The lowest BCUT2D eigenvalue weighted by atomic mass is 10.2. The summed E-state index contributed by atoms with van der Waals surface area (Å²) in [6.07, 6.45) is 1.53. The number of carbonyl (C=O) groups excluding carboxylic acids is 2. The van der Waals surface area contributed by atoms with Crippen molar-refractivity contribution in [3.05, 3.63) is 58.6 Å². The minimum Gasteiger partial charge on any atom is -0.462 e. The quantitative estimate of drug-likeness (QED) is 0.580. The molecule has 0 radical (unpaired) electrons. The molecular formula is C21H25ClN2O5S. The first-order chi connectivity index (χ1) is 14.1. The Balaban J connectivity index is 2.01. The van der Waals surface area contributed by atoms with Gasteiger partial charge in [0.1, 0.15) is 0 Å². The first-order valence-electron chi connectivity index (χ1n) is 9.43. The van der Waals surface area contributed by atoms with E-state index in [0.717, 1.165) is 6.26 Å². The topological polar surface area (TPSA) is 92.8 Å². The lowest BCUT2D eigenvalue weighted by molar-refractivity contribution is -0.116. The molecule has 30 heavy (non-hydrogen) atoms. The molecule has 0 unspecified atom stereocenters. The van der Waals surface area contributed by atoms with E-state index in [4.69, 9.17) is 16.3 Å². The minimum absolute atomic E-state index is 0.106. The van der Waals surface area contributed by atoms with E-state index < -0.39 is 16.0 Å². The molecule has 1 amide bonds. The predicted molar refractivity (Wildman–Crippen MR) is 119 cm³/mol. The van der Waals surface area contributed by atoms with Gasteiger partial charge >= 0.3 is 5.97 Å². The highest BCUT2D eigenvalue weighted by Gasteiger charge is 2.20. The molecule has 1 N–H and O–H groups in total. The average molecular weight is 453 g/mol. The zero-order valence-corrected chi connectivity index (χ0v) is 18.7. The summed E-state index contributed by atoms with van der Waals surface area (Å²) in [5, 5.41) is 3.19. The number of amides is 1. The van der Waals surface area contributed by atoms with E-state index >= 15 is 0 Å². The number of sulfonamides is 1. The summed E-state index contributed by atoms with van der Waals surface area (Å²) in [4.78, 5) is 24.1. The minimum atomic E-state index is -3.54. The van der Waals surface area contributed by atoms with Crippen LogP contribution in [0.3, 0.4) is 0 Å². The first-order valence-corrected chi connectivity index (χ1v) is 11.7. The number of hydrogen-bond donors (Lipinski definition) is 1. The van der Waals surface area contributed by atoms with E-state index in [2.05, 4.69) is 5.32 Å². The van der Waals surface area contributed by atoms with Crippen LogP contribution >= 0.6 is 11.6 Å². The van der Waals surface area contributed by atoms with Gasteiger partial charge in [0.05, 0.1) is 24.1 Å². The standard InChI is InChI=1S/C21H25ClN2O5S/c1-4-29-21(26)16-8-5-9-17(14-16)23-20(25)12-7-13-24(30(3,27)28)19-11-6-10-18(22)15(19)2/h5-6,8-11,14H,4,7,12-13H2,1-3H3,(H,23,25). The lowest BCUT2D eigenvalue weighted by Gasteiger charge is -2.24. The van der Waals surface area contributed by atoms with Crippen LogP contribution in [0, 0.1) is 6.92 Å². The number of halogens is 1. The molecule has 0 fully saturated rings. The summed E-state index contributed by atoms with van der Waals surface area (Å²) in [5.74, 6) is -0.749. The second-order valence-corrected chi connectivity index (χ2v) is 8.99. The highest BCUT2D eigenvalue weighted by atomic mass is 35.5. The molecule has 7 nitrogen and oxygen atoms in total. The van der Waals surface area contributed by atoms with E-state index in [1.165, 1.54) is 10.4 Å². The molecule has 2 rings (SSSR count). The summed E-state index contributed by atoms with van der Waals surface area (Å²) in [7, 11) is -3.54. The van der Waals surface area contributed by atoms with Gasteiger partial charge in [0.15, 0.2) is 0 Å². The van der Waals surface area contributed by atoms with Gasteiger partial charge in [-0.3, -0.25) is 9.10 Å². The van der Waals surface area contributed by atoms with Crippen molar-refractivity contribution in [1.29, 1.82) is 0 Å². The molecule has 0 aliphatic carbocycles. The fourth-order valence-electron chi connectivity index (χ4n) is 2.88.